The molecule has 0 atom stereocenters. The van der Waals surface area contributed by atoms with Crippen LogP contribution in [0.25, 0.3) is 0 Å². The van der Waals surface area contributed by atoms with E-state index in [2.05, 4.69) is 5.10 Å². The minimum Gasteiger partial charge on any atom is -0.477 e. The highest BCUT2D eigenvalue weighted by molar-refractivity contribution is 7.14. The van der Waals surface area contributed by atoms with Crippen LogP contribution in [0.3, 0.4) is 0 Å². The quantitative estimate of drug-likeness (QED) is 0.864. The first-order chi connectivity index (χ1) is 8.47. The van der Waals surface area contributed by atoms with Gasteiger partial charge < -0.3 is 10.8 Å². The molecule has 2 aromatic rings. The molecule has 2 aromatic heterocycles. The highest BCUT2D eigenvalue weighted by Crippen LogP contribution is 2.22. The van der Waals surface area contributed by atoms with Gasteiger partial charge in [0.25, 0.3) is 5.91 Å². The molecule has 2 heterocycles. The summed E-state index contributed by atoms with van der Waals surface area (Å²) < 4.78 is 1.56. The van der Waals surface area contributed by atoms with Gasteiger partial charge in [-0.3, -0.25) is 9.48 Å². The third kappa shape index (κ3) is 2.40. The molecule has 6 nitrogen and oxygen atoms in total. The number of carboxylic acids is 1. The van der Waals surface area contributed by atoms with Gasteiger partial charge in [-0.1, -0.05) is 0 Å². The minimum absolute atomic E-state index is 0.296. The lowest BCUT2D eigenvalue weighted by atomic mass is 10.2. The fourth-order valence-corrected chi connectivity index (χ4v) is 2.41. The number of carbonyl (C=O) groups excluding carboxylic acids is 1. The summed E-state index contributed by atoms with van der Waals surface area (Å²) in [5, 5.41) is 12.9. The number of hydrogen-bond acceptors (Lipinski definition) is 4. The summed E-state index contributed by atoms with van der Waals surface area (Å²) in [4.78, 5) is 23.0. The molecule has 1 amide bonds. The molecule has 0 saturated heterocycles. The number of primary amides is 1. The topological polar surface area (TPSA) is 98.2 Å². The molecule has 0 spiro atoms. The summed E-state index contributed by atoms with van der Waals surface area (Å²) in [6.07, 6.45) is 2.93. The first kappa shape index (κ1) is 12.3. The number of thiophene rings is 1. The molecule has 18 heavy (non-hydrogen) atoms. The number of rotatable bonds is 4. The molecule has 3 N–H and O–H groups in total. The van der Waals surface area contributed by atoms with E-state index >= 15 is 0 Å². The fourth-order valence-electron chi connectivity index (χ4n) is 1.53. The van der Waals surface area contributed by atoms with Crippen LogP contribution < -0.4 is 5.73 Å². The molecule has 0 bridgehead atoms. The Kier molecular flexibility index (Phi) is 3.15. The van der Waals surface area contributed by atoms with Gasteiger partial charge in [-0.15, -0.1) is 11.3 Å². The Labute approximate surface area is 107 Å². The van der Waals surface area contributed by atoms with Gasteiger partial charge in [-0.2, -0.15) is 5.10 Å². The predicted octanol–water partition coefficient (Wildman–Crippen LogP) is 1.10. The van der Waals surface area contributed by atoms with Crippen LogP contribution >= 0.6 is 11.3 Å². The molecule has 0 fully saturated rings. The number of nitrogens with zero attached hydrogens (tertiary/aromatic N) is 2. The SMILES string of the molecule is Cc1sc(C(=O)O)cc1Cn1cc(C(N)=O)cn1. The van der Waals surface area contributed by atoms with Crippen molar-refractivity contribution in [3.63, 3.8) is 0 Å². The van der Waals surface area contributed by atoms with Gasteiger partial charge in [0, 0.05) is 11.1 Å². The maximum atomic E-state index is 10.9. The van der Waals surface area contributed by atoms with E-state index in [1.54, 1.807) is 16.9 Å². The number of aromatic nitrogens is 2. The molecule has 2 rings (SSSR count). The third-order valence-electron chi connectivity index (χ3n) is 2.48. The molecule has 94 valence electrons. The predicted molar refractivity (Wildman–Crippen MR) is 65.9 cm³/mol. The zero-order valence-electron chi connectivity index (χ0n) is 9.58. The van der Waals surface area contributed by atoms with Crippen LogP contribution in [0.5, 0.6) is 0 Å². The van der Waals surface area contributed by atoms with Crippen LogP contribution in [0.2, 0.25) is 0 Å². The van der Waals surface area contributed by atoms with Crippen LogP contribution in [-0.2, 0) is 6.54 Å². The van der Waals surface area contributed by atoms with Crippen molar-refractivity contribution in [1.29, 1.82) is 0 Å². The zero-order valence-corrected chi connectivity index (χ0v) is 10.4. The second-order valence-corrected chi connectivity index (χ2v) is 5.04. The summed E-state index contributed by atoms with van der Waals surface area (Å²) >= 11 is 1.22. The molecule has 0 aliphatic carbocycles. The van der Waals surface area contributed by atoms with Crippen molar-refractivity contribution >= 4 is 23.2 Å². The van der Waals surface area contributed by atoms with Gasteiger partial charge in [-0.05, 0) is 18.6 Å². The summed E-state index contributed by atoms with van der Waals surface area (Å²) in [7, 11) is 0. The Morgan fingerprint density at radius 1 is 1.56 bits per heavy atom. The molecule has 0 saturated carbocycles. The lowest BCUT2D eigenvalue weighted by Crippen LogP contribution is -2.09. The summed E-state index contributed by atoms with van der Waals surface area (Å²) in [6.45, 7) is 2.27. The maximum Gasteiger partial charge on any atom is 0.345 e. The highest BCUT2D eigenvalue weighted by atomic mass is 32.1. The molecule has 0 radical (unpaired) electrons. The van der Waals surface area contributed by atoms with Gasteiger partial charge in [0.2, 0.25) is 0 Å². The molecule has 0 aliphatic heterocycles. The van der Waals surface area contributed by atoms with E-state index in [-0.39, 0.29) is 0 Å². The van der Waals surface area contributed by atoms with Crippen LogP contribution in [0.1, 0.15) is 30.5 Å². The number of carboxylic acid groups (broad SMARTS) is 1. The average Bonchev–Trinajstić information content (AvgIpc) is 2.87. The molecule has 0 aliphatic rings. The molecule has 7 heteroatoms. The molecule has 0 unspecified atom stereocenters. The van der Waals surface area contributed by atoms with Crippen LogP contribution in [0.15, 0.2) is 18.5 Å². The largest absolute Gasteiger partial charge is 0.477 e. The van der Waals surface area contributed by atoms with Crippen molar-refractivity contribution in [2.45, 2.75) is 13.5 Å². The Morgan fingerprint density at radius 2 is 2.28 bits per heavy atom. The van der Waals surface area contributed by atoms with E-state index in [4.69, 9.17) is 10.8 Å². The fraction of sp³-hybridized carbons (Fsp3) is 0.182. The highest BCUT2D eigenvalue weighted by Gasteiger charge is 2.12. The first-order valence-corrected chi connectivity index (χ1v) is 5.94. The van der Waals surface area contributed by atoms with Gasteiger partial charge in [0.05, 0.1) is 18.3 Å². The van der Waals surface area contributed by atoms with Crippen LogP contribution in [0.4, 0.5) is 0 Å². The smallest absolute Gasteiger partial charge is 0.345 e. The molecular weight excluding hydrogens is 254 g/mol. The van der Waals surface area contributed by atoms with E-state index in [9.17, 15) is 9.59 Å². The number of hydrogen-bond donors (Lipinski definition) is 2. The third-order valence-corrected chi connectivity index (χ3v) is 3.56. The monoisotopic (exact) mass is 265 g/mol. The van der Waals surface area contributed by atoms with Crippen LogP contribution in [0, 0.1) is 6.92 Å². The van der Waals surface area contributed by atoms with Gasteiger partial charge in [0.15, 0.2) is 0 Å². The van der Waals surface area contributed by atoms with Crippen molar-refractivity contribution in [2.75, 3.05) is 0 Å². The number of aromatic carboxylic acids is 1. The second-order valence-electron chi connectivity index (χ2n) is 3.79. The number of carbonyl (C=O) groups is 2. The van der Waals surface area contributed by atoms with Crippen LogP contribution in [-0.4, -0.2) is 26.8 Å². The Hall–Kier alpha value is -2.15. The normalized spacial score (nSPS) is 10.5. The van der Waals surface area contributed by atoms with Crippen molar-refractivity contribution < 1.29 is 14.7 Å². The van der Waals surface area contributed by atoms with Crippen molar-refractivity contribution in [2.24, 2.45) is 5.73 Å². The van der Waals surface area contributed by atoms with Gasteiger partial charge >= 0.3 is 5.97 Å². The van der Waals surface area contributed by atoms with E-state index in [0.717, 1.165) is 10.4 Å². The van der Waals surface area contributed by atoms with E-state index in [1.807, 2.05) is 6.92 Å². The summed E-state index contributed by atoms with van der Waals surface area (Å²) in [6, 6.07) is 1.62. The molecule has 0 aromatic carbocycles. The van der Waals surface area contributed by atoms with E-state index in [0.29, 0.717) is 17.0 Å². The van der Waals surface area contributed by atoms with Crippen molar-refractivity contribution in [1.82, 2.24) is 9.78 Å². The van der Waals surface area contributed by atoms with E-state index in [1.165, 1.54) is 17.5 Å². The average molecular weight is 265 g/mol. The summed E-state index contributed by atoms with van der Waals surface area (Å²) in [5.41, 5.74) is 6.33. The first-order valence-electron chi connectivity index (χ1n) is 5.12. The summed E-state index contributed by atoms with van der Waals surface area (Å²) in [5.74, 6) is -1.47. The second kappa shape index (κ2) is 4.61. The van der Waals surface area contributed by atoms with Gasteiger partial charge in [-0.25, -0.2) is 4.79 Å². The Balaban J connectivity index is 2.22. The lowest BCUT2D eigenvalue weighted by Gasteiger charge is -1.99. The zero-order chi connectivity index (χ0) is 13.3. The maximum absolute atomic E-state index is 10.9. The van der Waals surface area contributed by atoms with Crippen molar-refractivity contribution in [3.05, 3.63) is 39.3 Å². The Morgan fingerprint density at radius 3 is 2.78 bits per heavy atom. The number of aryl methyl sites for hydroxylation is 1. The standard InChI is InChI=1S/C11H11N3O3S/c1-6-7(2-9(18-6)11(16)17)4-14-5-8(3-13-14)10(12)15/h2-3,5H,4H2,1H3,(H2,12,15)(H,16,17). The number of amides is 1. The van der Waals surface area contributed by atoms with E-state index < -0.39 is 11.9 Å². The number of nitrogens with two attached hydrogens (primary N) is 1. The molecular formula is C11H11N3O3S. The van der Waals surface area contributed by atoms with Crippen molar-refractivity contribution in [3.8, 4) is 0 Å². The lowest BCUT2D eigenvalue weighted by molar-refractivity contribution is 0.0702. The Bertz CT molecular complexity index is 615. The minimum atomic E-state index is -0.937. The van der Waals surface area contributed by atoms with Gasteiger partial charge in [0.1, 0.15) is 4.88 Å².